The molecule has 1 aromatic carbocycles. The second-order valence-corrected chi connectivity index (χ2v) is 8.79. The summed E-state index contributed by atoms with van der Waals surface area (Å²) in [6.45, 7) is 12.1. The maximum atomic E-state index is 13.0. The van der Waals surface area contributed by atoms with Crippen LogP contribution in [-0.4, -0.2) is 18.8 Å². The predicted octanol–water partition coefficient (Wildman–Crippen LogP) is 4.54. The predicted molar refractivity (Wildman–Crippen MR) is 102 cm³/mol. The van der Waals surface area contributed by atoms with Crippen LogP contribution >= 0.6 is 0 Å². The lowest BCUT2D eigenvalue weighted by Gasteiger charge is -2.39. The topological polar surface area (TPSA) is 25.8 Å². The van der Waals surface area contributed by atoms with Gasteiger partial charge in [-0.3, -0.25) is 0 Å². The van der Waals surface area contributed by atoms with Gasteiger partial charge in [-0.15, -0.1) is 0 Å². The van der Waals surface area contributed by atoms with Crippen LogP contribution in [0.25, 0.3) is 0 Å². The lowest BCUT2D eigenvalue weighted by atomic mass is 9.75. The van der Waals surface area contributed by atoms with Gasteiger partial charge in [0.1, 0.15) is 12.4 Å². The van der Waals surface area contributed by atoms with E-state index in [1.807, 2.05) is 12.1 Å². The fourth-order valence-corrected chi connectivity index (χ4v) is 4.07. The molecule has 0 saturated carbocycles. The summed E-state index contributed by atoms with van der Waals surface area (Å²) in [5.41, 5.74) is 1.24. The van der Waals surface area contributed by atoms with Crippen molar-refractivity contribution in [2.75, 3.05) is 13.2 Å². The smallest absolute Gasteiger partial charge is 0.123 e. The molecular formula is C22H37FNO+. The van der Waals surface area contributed by atoms with E-state index in [4.69, 9.17) is 4.74 Å². The van der Waals surface area contributed by atoms with Crippen LogP contribution in [0.15, 0.2) is 24.3 Å². The first-order valence-electron chi connectivity index (χ1n) is 10.1. The van der Waals surface area contributed by atoms with Crippen LogP contribution in [0.1, 0.15) is 65.4 Å². The highest BCUT2D eigenvalue weighted by atomic mass is 19.1. The fourth-order valence-electron chi connectivity index (χ4n) is 4.07. The molecule has 2 nitrogen and oxygen atoms in total. The molecule has 0 aliphatic carbocycles. The van der Waals surface area contributed by atoms with Crippen molar-refractivity contribution in [2.24, 2.45) is 17.8 Å². The molecule has 142 valence electrons. The number of halogens is 1. The summed E-state index contributed by atoms with van der Waals surface area (Å²) < 4.78 is 18.9. The first kappa shape index (κ1) is 20.4. The second-order valence-electron chi connectivity index (χ2n) is 8.79. The Balaban J connectivity index is 1.81. The van der Waals surface area contributed by atoms with Gasteiger partial charge in [-0.1, -0.05) is 32.4 Å². The van der Waals surface area contributed by atoms with Gasteiger partial charge in [0.05, 0.1) is 12.1 Å². The van der Waals surface area contributed by atoms with Crippen LogP contribution in [0.2, 0.25) is 0 Å². The average molecular weight is 351 g/mol. The minimum absolute atomic E-state index is 0.0385. The third-order valence-corrected chi connectivity index (χ3v) is 5.55. The second kappa shape index (κ2) is 9.68. The van der Waals surface area contributed by atoms with Gasteiger partial charge in [-0.25, -0.2) is 4.39 Å². The molecule has 1 aromatic rings. The largest absolute Gasteiger partial charge is 0.376 e. The number of nitrogens with two attached hydrogens (primary N) is 1. The Morgan fingerprint density at radius 2 is 1.88 bits per heavy atom. The fraction of sp³-hybridized carbons (Fsp3) is 0.727. The Kier molecular flexibility index (Phi) is 7.89. The van der Waals surface area contributed by atoms with E-state index in [2.05, 4.69) is 33.0 Å². The molecule has 1 saturated heterocycles. The molecule has 1 aliphatic rings. The van der Waals surface area contributed by atoms with Crippen LogP contribution in [0.5, 0.6) is 0 Å². The summed E-state index contributed by atoms with van der Waals surface area (Å²) in [6.07, 6.45) is 6.33. The van der Waals surface area contributed by atoms with Gasteiger partial charge < -0.3 is 10.1 Å². The Bertz CT molecular complexity index is 497. The van der Waals surface area contributed by atoms with Gasteiger partial charge in [-0.05, 0) is 69.4 Å². The summed E-state index contributed by atoms with van der Waals surface area (Å²) in [4.78, 5) is 0. The standard InChI is InChI=1S/C22H36FNO/c1-17(2)5-8-19(20-12-14-25-22(3,4)15-20)11-13-24-16-18-6-9-21(23)10-7-18/h6-7,9-10,17,19-20,24H,5,8,11-16H2,1-4H3/p+1/t19-,20+/m0/s1. The third kappa shape index (κ3) is 7.45. The zero-order valence-electron chi connectivity index (χ0n) is 16.6. The van der Waals surface area contributed by atoms with Gasteiger partial charge in [0.2, 0.25) is 0 Å². The Labute approximate surface area is 153 Å². The molecular weight excluding hydrogens is 313 g/mol. The van der Waals surface area contributed by atoms with E-state index < -0.39 is 0 Å². The first-order valence-corrected chi connectivity index (χ1v) is 10.1. The molecule has 1 aliphatic heterocycles. The highest BCUT2D eigenvalue weighted by molar-refractivity contribution is 5.14. The van der Waals surface area contributed by atoms with E-state index in [1.165, 1.54) is 37.7 Å². The van der Waals surface area contributed by atoms with Gasteiger partial charge in [0.25, 0.3) is 0 Å². The van der Waals surface area contributed by atoms with Crippen molar-refractivity contribution in [3.8, 4) is 0 Å². The lowest BCUT2D eigenvalue weighted by molar-refractivity contribution is -0.671. The maximum absolute atomic E-state index is 13.0. The van der Waals surface area contributed by atoms with Crippen molar-refractivity contribution in [1.29, 1.82) is 0 Å². The normalized spacial score (nSPS) is 21.4. The lowest BCUT2D eigenvalue weighted by Crippen LogP contribution is -2.82. The third-order valence-electron chi connectivity index (χ3n) is 5.55. The SMILES string of the molecule is CC(C)CC[C@@H](CC[NH2+]Cc1ccc(F)cc1)[C@@H]1CCOC(C)(C)C1. The van der Waals surface area contributed by atoms with Crippen molar-refractivity contribution < 1.29 is 14.4 Å². The van der Waals surface area contributed by atoms with Crippen molar-refractivity contribution in [1.82, 2.24) is 0 Å². The quantitative estimate of drug-likeness (QED) is 0.650. The van der Waals surface area contributed by atoms with Crippen LogP contribution < -0.4 is 5.32 Å². The molecule has 0 spiro atoms. The van der Waals surface area contributed by atoms with E-state index >= 15 is 0 Å². The van der Waals surface area contributed by atoms with E-state index in [1.54, 1.807) is 12.1 Å². The summed E-state index contributed by atoms with van der Waals surface area (Å²) in [7, 11) is 0. The summed E-state index contributed by atoms with van der Waals surface area (Å²) >= 11 is 0. The number of hydrogen-bond acceptors (Lipinski definition) is 1. The number of ether oxygens (including phenoxy) is 1. The van der Waals surface area contributed by atoms with Gasteiger partial charge >= 0.3 is 0 Å². The molecule has 0 amide bonds. The summed E-state index contributed by atoms with van der Waals surface area (Å²) in [6, 6.07) is 6.89. The zero-order chi connectivity index (χ0) is 18.3. The molecule has 2 atom stereocenters. The molecule has 0 radical (unpaired) electrons. The van der Waals surface area contributed by atoms with Crippen LogP contribution in [0.3, 0.4) is 0 Å². The number of rotatable bonds is 9. The Morgan fingerprint density at radius 1 is 1.16 bits per heavy atom. The monoisotopic (exact) mass is 350 g/mol. The Hall–Kier alpha value is -0.930. The van der Waals surface area contributed by atoms with Crippen molar-refractivity contribution in [3.63, 3.8) is 0 Å². The number of quaternary nitrogens is 1. The summed E-state index contributed by atoms with van der Waals surface area (Å²) in [5, 5.41) is 2.38. The van der Waals surface area contributed by atoms with Crippen molar-refractivity contribution in [2.45, 2.75) is 71.9 Å². The molecule has 25 heavy (non-hydrogen) atoms. The van der Waals surface area contributed by atoms with Crippen LogP contribution in [0, 0.1) is 23.6 Å². The molecule has 0 aromatic heterocycles. The minimum atomic E-state index is -0.153. The molecule has 1 heterocycles. The Morgan fingerprint density at radius 3 is 2.52 bits per heavy atom. The van der Waals surface area contributed by atoms with Crippen LogP contribution in [0.4, 0.5) is 4.39 Å². The highest BCUT2D eigenvalue weighted by Gasteiger charge is 2.33. The first-order chi connectivity index (χ1) is 11.9. The van der Waals surface area contributed by atoms with Crippen LogP contribution in [-0.2, 0) is 11.3 Å². The number of hydrogen-bond donors (Lipinski definition) is 1. The molecule has 1 fully saturated rings. The van der Waals surface area contributed by atoms with Gasteiger partial charge in [-0.2, -0.15) is 0 Å². The molecule has 0 bridgehead atoms. The molecule has 3 heteroatoms. The summed E-state index contributed by atoms with van der Waals surface area (Å²) in [5.74, 6) is 2.22. The number of benzene rings is 1. The van der Waals surface area contributed by atoms with Crippen molar-refractivity contribution in [3.05, 3.63) is 35.6 Å². The van der Waals surface area contributed by atoms with E-state index in [9.17, 15) is 4.39 Å². The van der Waals surface area contributed by atoms with E-state index in [0.717, 1.165) is 37.5 Å². The van der Waals surface area contributed by atoms with E-state index in [0.29, 0.717) is 0 Å². The highest BCUT2D eigenvalue weighted by Crippen LogP contribution is 2.37. The van der Waals surface area contributed by atoms with E-state index in [-0.39, 0.29) is 11.4 Å². The van der Waals surface area contributed by atoms with Gasteiger partial charge in [0, 0.05) is 12.2 Å². The van der Waals surface area contributed by atoms with Gasteiger partial charge in [0.15, 0.2) is 0 Å². The zero-order valence-corrected chi connectivity index (χ0v) is 16.6. The maximum Gasteiger partial charge on any atom is 0.123 e. The molecule has 2 N–H and O–H groups in total. The minimum Gasteiger partial charge on any atom is -0.376 e. The molecule has 2 rings (SSSR count). The van der Waals surface area contributed by atoms with Crippen molar-refractivity contribution >= 4 is 0 Å². The molecule has 0 unspecified atom stereocenters. The average Bonchev–Trinajstić information content (AvgIpc) is 2.54.